The molecule has 1 fully saturated rings. The van der Waals surface area contributed by atoms with Crippen LogP contribution in [0.5, 0.6) is 0 Å². The lowest BCUT2D eigenvalue weighted by atomic mass is 9.75. The third kappa shape index (κ3) is 2.96. The van der Waals surface area contributed by atoms with E-state index in [4.69, 9.17) is 0 Å². The van der Waals surface area contributed by atoms with Gasteiger partial charge in [-0.15, -0.1) is 0 Å². The van der Waals surface area contributed by atoms with Gasteiger partial charge < -0.3 is 10.2 Å². The van der Waals surface area contributed by atoms with Gasteiger partial charge in [-0.3, -0.25) is 0 Å². The molecule has 1 unspecified atom stereocenters. The van der Waals surface area contributed by atoms with Crippen molar-refractivity contribution in [3.63, 3.8) is 0 Å². The quantitative estimate of drug-likeness (QED) is 0.674. The van der Waals surface area contributed by atoms with E-state index in [9.17, 15) is 0 Å². The zero-order valence-electron chi connectivity index (χ0n) is 15.4. The molecule has 3 aromatic rings. The van der Waals surface area contributed by atoms with Crippen molar-refractivity contribution in [3.8, 4) is 0 Å². The van der Waals surface area contributed by atoms with Crippen LogP contribution in [-0.4, -0.2) is 25.7 Å². The van der Waals surface area contributed by atoms with Gasteiger partial charge in [0.05, 0.1) is 0 Å². The first-order valence-electron chi connectivity index (χ1n) is 9.67. The van der Waals surface area contributed by atoms with Gasteiger partial charge in [-0.2, -0.15) is 0 Å². The summed E-state index contributed by atoms with van der Waals surface area (Å²) in [7, 11) is 0. The summed E-state index contributed by atoms with van der Waals surface area (Å²) in [5.74, 6) is 0. The van der Waals surface area contributed by atoms with Crippen LogP contribution in [-0.2, 0) is 5.54 Å². The SMILES string of the molecule is C[C@H]1C[NH+](C(c2ccccc2)(c2ccccc2)c2ccccc2)CC[NH2+]1. The largest absolute Gasteiger partial charge is 0.335 e. The van der Waals surface area contributed by atoms with Gasteiger partial charge >= 0.3 is 0 Å². The molecule has 3 N–H and O–H groups in total. The molecule has 0 amide bonds. The number of hydrogen-bond acceptors (Lipinski definition) is 0. The minimum Gasteiger partial charge on any atom is -0.335 e. The van der Waals surface area contributed by atoms with Crippen molar-refractivity contribution in [1.29, 1.82) is 0 Å². The van der Waals surface area contributed by atoms with Crippen molar-refractivity contribution in [1.82, 2.24) is 0 Å². The Morgan fingerprint density at radius 2 is 1.15 bits per heavy atom. The van der Waals surface area contributed by atoms with E-state index in [0.29, 0.717) is 6.04 Å². The van der Waals surface area contributed by atoms with Crippen molar-refractivity contribution >= 4 is 0 Å². The number of piperazine rings is 1. The molecule has 0 aliphatic carbocycles. The molecule has 1 aliphatic rings. The minimum absolute atomic E-state index is 0.174. The zero-order chi connectivity index (χ0) is 17.8. The molecule has 26 heavy (non-hydrogen) atoms. The third-order valence-electron chi connectivity index (χ3n) is 5.73. The summed E-state index contributed by atoms with van der Waals surface area (Å²) >= 11 is 0. The molecule has 0 radical (unpaired) electrons. The van der Waals surface area contributed by atoms with E-state index in [-0.39, 0.29) is 5.54 Å². The second kappa shape index (κ2) is 7.45. The summed E-state index contributed by atoms with van der Waals surface area (Å²) in [4.78, 5) is 1.64. The second-order valence-electron chi connectivity index (χ2n) is 7.41. The Bertz CT molecular complexity index is 718. The van der Waals surface area contributed by atoms with Gasteiger partial charge in [0.25, 0.3) is 0 Å². The van der Waals surface area contributed by atoms with E-state index in [1.807, 2.05) is 0 Å². The smallest absolute Gasteiger partial charge is 0.175 e. The molecule has 2 atom stereocenters. The average Bonchev–Trinajstić information content (AvgIpc) is 2.71. The first-order valence-corrected chi connectivity index (χ1v) is 9.67. The highest BCUT2D eigenvalue weighted by Gasteiger charge is 2.48. The Balaban J connectivity index is 2.00. The molecule has 4 rings (SSSR count). The Labute approximate surface area is 156 Å². The first-order chi connectivity index (χ1) is 12.8. The van der Waals surface area contributed by atoms with E-state index in [2.05, 4.69) is 103 Å². The molecule has 0 spiro atoms. The van der Waals surface area contributed by atoms with Gasteiger partial charge in [0, 0.05) is 16.7 Å². The molecule has 3 aromatic carbocycles. The monoisotopic (exact) mass is 344 g/mol. The van der Waals surface area contributed by atoms with Crippen molar-refractivity contribution in [2.24, 2.45) is 0 Å². The van der Waals surface area contributed by atoms with E-state index in [1.165, 1.54) is 23.2 Å². The number of benzene rings is 3. The summed E-state index contributed by atoms with van der Waals surface area (Å²) in [5.41, 5.74) is 3.95. The lowest BCUT2D eigenvalue weighted by Crippen LogP contribution is -3.26. The molecule has 1 heterocycles. The van der Waals surface area contributed by atoms with Crippen LogP contribution < -0.4 is 10.2 Å². The van der Waals surface area contributed by atoms with E-state index >= 15 is 0 Å². The standard InChI is InChI=1S/C24H26N2/c1-20-19-26(18-17-25-20)24(21-11-5-2-6-12-21,22-13-7-3-8-14-22)23-15-9-4-10-16-23/h2-16,20,25H,17-19H2,1H3/p+2/t20-/m0/s1. The van der Waals surface area contributed by atoms with Gasteiger partial charge in [-0.25, -0.2) is 0 Å². The first kappa shape index (κ1) is 17.0. The topological polar surface area (TPSA) is 21.1 Å². The van der Waals surface area contributed by atoms with Crippen molar-refractivity contribution in [3.05, 3.63) is 108 Å². The summed E-state index contributed by atoms with van der Waals surface area (Å²) in [6, 6.07) is 33.8. The van der Waals surface area contributed by atoms with Crippen LogP contribution in [0.3, 0.4) is 0 Å². The second-order valence-corrected chi connectivity index (χ2v) is 7.41. The number of quaternary nitrogens is 2. The normalized spacial score (nSPS) is 20.7. The maximum Gasteiger partial charge on any atom is 0.175 e. The van der Waals surface area contributed by atoms with Crippen LogP contribution in [0.15, 0.2) is 91.0 Å². The van der Waals surface area contributed by atoms with Crippen LogP contribution in [0, 0.1) is 0 Å². The van der Waals surface area contributed by atoms with Crippen molar-refractivity contribution < 1.29 is 10.2 Å². The highest BCUT2D eigenvalue weighted by molar-refractivity contribution is 5.46. The molecule has 132 valence electrons. The van der Waals surface area contributed by atoms with Crippen LogP contribution in [0.1, 0.15) is 23.6 Å². The third-order valence-corrected chi connectivity index (χ3v) is 5.73. The predicted octanol–water partition coefficient (Wildman–Crippen LogP) is 1.83. The molecule has 0 bridgehead atoms. The Morgan fingerprint density at radius 3 is 1.54 bits per heavy atom. The maximum atomic E-state index is 2.48. The molecule has 2 heteroatoms. The van der Waals surface area contributed by atoms with E-state index in [0.717, 1.165) is 13.1 Å². The van der Waals surface area contributed by atoms with Gasteiger partial charge in [0.2, 0.25) is 0 Å². The molecule has 2 nitrogen and oxygen atoms in total. The van der Waals surface area contributed by atoms with Crippen LogP contribution in [0.4, 0.5) is 0 Å². The molecular formula is C24H28N2+2. The van der Waals surface area contributed by atoms with Gasteiger partial charge in [-0.1, -0.05) is 91.0 Å². The molecule has 1 saturated heterocycles. The van der Waals surface area contributed by atoms with Crippen LogP contribution in [0.2, 0.25) is 0 Å². The summed E-state index contributed by atoms with van der Waals surface area (Å²) in [5, 5.41) is 2.48. The highest BCUT2D eigenvalue weighted by Crippen LogP contribution is 2.34. The summed E-state index contributed by atoms with van der Waals surface area (Å²) in [6.07, 6.45) is 0. The van der Waals surface area contributed by atoms with Crippen molar-refractivity contribution in [2.75, 3.05) is 19.6 Å². The maximum absolute atomic E-state index is 2.48. The fourth-order valence-corrected chi connectivity index (χ4v) is 4.63. The fraction of sp³-hybridized carbons (Fsp3) is 0.250. The highest BCUT2D eigenvalue weighted by atomic mass is 15.3. The van der Waals surface area contributed by atoms with E-state index in [1.54, 1.807) is 4.90 Å². The molecule has 0 saturated carbocycles. The Morgan fingerprint density at radius 1 is 0.731 bits per heavy atom. The zero-order valence-corrected chi connectivity index (χ0v) is 15.4. The van der Waals surface area contributed by atoms with Gasteiger partial charge in [-0.05, 0) is 6.92 Å². The number of nitrogens with two attached hydrogens (primary N) is 1. The van der Waals surface area contributed by atoms with Gasteiger partial charge in [0.1, 0.15) is 25.7 Å². The van der Waals surface area contributed by atoms with Crippen molar-refractivity contribution in [2.45, 2.75) is 18.5 Å². The molecular weight excluding hydrogens is 316 g/mol. The minimum atomic E-state index is -0.174. The molecule has 1 aliphatic heterocycles. The van der Waals surface area contributed by atoms with Crippen LogP contribution >= 0.6 is 0 Å². The average molecular weight is 345 g/mol. The van der Waals surface area contributed by atoms with Gasteiger partial charge in [0.15, 0.2) is 5.54 Å². The number of hydrogen-bond donors (Lipinski definition) is 2. The van der Waals surface area contributed by atoms with Crippen LogP contribution in [0.25, 0.3) is 0 Å². The lowest BCUT2D eigenvalue weighted by molar-refractivity contribution is -0.993. The summed E-state index contributed by atoms with van der Waals surface area (Å²) in [6.45, 7) is 5.83. The molecule has 0 aromatic heterocycles. The fourth-order valence-electron chi connectivity index (χ4n) is 4.63. The lowest BCUT2D eigenvalue weighted by Gasteiger charge is -2.44. The Hall–Kier alpha value is -2.42. The Kier molecular flexibility index (Phi) is 4.87. The predicted molar refractivity (Wildman–Crippen MR) is 106 cm³/mol. The number of nitrogens with one attached hydrogen (secondary N) is 1. The number of rotatable bonds is 4. The summed E-state index contributed by atoms with van der Waals surface area (Å²) < 4.78 is 0. The van der Waals surface area contributed by atoms with E-state index < -0.39 is 0 Å².